The van der Waals surface area contributed by atoms with E-state index in [2.05, 4.69) is 69.0 Å². The summed E-state index contributed by atoms with van der Waals surface area (Å²) in [5.74, 6) is -0.550. The second kappa shape index (κ2) is 17.4. The van der Waals surface area contributed by atoms with E-state index in [0.29, 0.717) is 57.3 Å². The molecule has 2 aromatic heterocycles. The van der Waals surface area contributed by atoms with Gasteiger partial charge in [0.25, 0.3) is 0 Å². The van der Waals surface area contributed by atoms with Gasteiger partial charge in [0.15, 0.2) is 10.3 Å². The minimum Gasteiger partial charge on any atom is -0.345 e. The molecule has 4 aromatic carbocycles. The molecule has 57 heavy (non-hydrogen) atoms. The molecule has 4 heterocycles. The van der Waals surface area contributed by atoms with Gasteiger partial charge in [-0.25, -0.2) is 31.2 Å². The van der Waals surface area contributed by atoms with Gasteiger partial charge in [-0.3, -0.25) is 0 Å². The number of benzene rings is 4. The third-order valence-electron chi connectivity index (χ3n) is 9.87. The van der Waals surface area contributed by atoms with Crippen molar-refractivity contribution in [1.29, 1.82) is 0 Å². The maximum atomic E-state index is 13.4. The van der Waals surface area contributed by atoms with Gasteiger partial charge in [0.2, 0.25) is 20.0 Å². The van der Waals surface area contributed by atoms with Crippen molar-refractivity contribution in [2.75, 3.05) is 62.2 Å². The SMILES string of the molecule is Cc1cc(C)c(-c2csc(N3CCN(S(=O)(=O)c4cccc(Br)c4)CC3)n2)c(C)c1.O=S(=O)(c1cccc(F)c1)N1CCN(c2nc(-c3ccccc3)cs2)CC1. The van der Waals surface area contributed by atoms with Crippen LogP contribution in [0, 0.1) is 26.6 Å². The lowest BCUT2D eigenvalue weighted by Gasteiger charge is -2.33. The smallest absolute Gasteiger partial charge is 0.243 e. The van der Waals surface area contributed by atoms with Gasteiger partial charge in [0, 0.05) is 78.7 Å². The quantitative estimate of drug-likeness (QED) is 0.150. The first-order valence-electron chi connectivity index (χ1n) is 18.4. The maximum Gasteiger partial charge on any atom is 0.243 e. The van der Waals surface area contributed by atoms with Crippen LogP contribution >= 0.6 is 38.6 Å². The Balaban J connectivity index is 0.000000175. The number of rotatable bonds is 8. The molecular weight excluding hydrogens is 868 g/mol. The van der Waals surface area contributed by atoms with Crippen molar-refractivity contribution in [2.45, 2.75) is 30.6 Å². The number of anilines is 2. The Bertz CT molecular complexity index is 2550. The first-order chi connectivity index (χ1) is 27.3. The Labute approximate surface area is 350 Å². The van der Waals surface area contributed by atoms with E-state index in [-0.39, 0.29) is 4.90 Å². The van der Waals surface area contributed by atoms with Crippen molar-refractivity contribution >= 4 is 68.9 Å². The van der Waals surface area contributed by atoms with Crippen molar-refractivity contribution in [2.24, 2.45) is 0 Å². The fourth-order valence-corrected chi connectivity index (χ4v) is 12.3. The van der Waals surface area contributed by atoms with Gasteiger partial charge in [-0.1, -0.05) is 76.1 Å². The van der Waals surface area contributed by atoms with Crippen LogP contribution in [0.2, 0.25) is 0 Å². The fourth-order valence-electron chi connectivity index (χ4n) is 7.05. The Morgan fingerprint density at radius 1 is 0.596 bits per heavy atom. The van der Waals surface area contributed by atoms with Gasteiger partial charge in [-0.05, 0) is 68.3 Å². The molecule has 0 amide bonds. The number of sulfonamides is 2. The highest BCUT2D eigenvalue weighted by molar-refractivity contribution is 9.10. The topological polar surface area (TPSA) is 107 Å². The summed E-state index contributed by atoms with van der Waals surface area (Å²) in [5.41, 5.74) is 7.89. The summed E-state index contributed by atoms with van der Waals surface area (Å²) in [6.45, 7) is 10.3. The van der Waals surface area contributed by atoms with E-state index in [9.17, 15) is 21.2 Å². The van der Waals surface area contributed by atoms with Gasteiger partial charge in [-0.15, -0.1) is 22.7 Å². The number of nitrogens with zero attached hydrogens (tertiary/aromatic N) is 6. The van der Waals surface area contributed by atoms with Crippen molar-refractivity contribution in [3.63, 3.8) is 0 Å². The predicted octanol–water partition coefficient (Wildman–Crippen LogP) is 8.47. The van der Waals surface area contributed by atoms with Crippen molar-refractivity contribution in [3.05, 3.63) is 129 Å². The highest BCUT2D eigenvalue weighted by Gasteiger charge is 2.31. The third-order valence-corrected chi connectivity index (χ3v) is 16.0. The minimum absolute atomic E-state index is 0.00318. The third kappa shape index (κ3) is 9.32. The summed E-state index contributed by atoms with van der Waals surface area (Å²) in [7, 11) is -7.16. The molecule has 0 atom stereocenters. The van der Waals surface area contributed by atoms with E-state index in [4.69, 9.17) is 4.98 Å². The zero-order valence-electron chi connectivity index (χ0n) is 31.7. The van der Waals surface area contributed by atoms with Crippen molar-refractivity contribution in [3.8, 4) is 22.5 Å². The van der Waals surface area contributed by atoms with Crippen molar-refractivity contribution in [1.82, 2.24) is 18.6 Å². The molecule has 2 aliphatic rings. The number of hydrogen-bond donors (Lipinski definition) is 0. The number of aromatic nitrogens is 2. The second-order valence-corrected chi connectivity index (χ2v) is 20.3. The molecule has 0 saturated carbocycles. The Kier molecular flexibility index (Phi) is 12.6. The molecule has 0 radical (unpaired) electrons. The van der Waals surface area contributed by atoms with Crippen LogP contribution < -0.4 is 9.80 Å². The first kappa shape index (κ1) is 41.1. The van der Waals surface area contributed by atoms with Crippen LogP contribution in [-0.2, 0) is 20.0 Å². The van der Waals surface area contributed by atoms with Crippen LogP contribution in [0.15, 0.2) is 116 Å². The summed E-state index contributed by atoms with van der Waals surface area (Å²) in [6, 6.07) is 26.4. The molecule has 10 nitrogen and oxygen atoms in total. The van der Waals surface area contributed by atoms with Gasteiger partial charge in [-0.2, -0.15) is 8.61 Å². The lowest BCUT2D eigenvalue weighted by Crippen LogP contribution is -2.48. The van der Waals surface area contributed by atoms with Crippen LogP contribution in [-0.4, -0.2) is 87.8 Å². The normalized spacial score (nSPS) is 15.7. The molecule has 0 bridgehead atoms. The molecule has 298 valence electrons. The standard InChI is InChI=1S/C22H24BrN3O2S2.C19H18FN3O2S2/c1-15-11-16(2)21(17(3)12-15)20-14-29-22(24-20)25-7-9-26(10-8-25)30(27,28)19-6-4-5-18(23)13-19;20-16-7-4-8-17(13-16)27(24,25)23-11-9-22(10-12-23)19-21-18(14-26-19)15-5-2-1-3-6-15/h4-6,11-14H,7-10H2,1-3H3;1-8,13-14H,9-12H2. The molecule has 2 aliphatic heterocycles. The van der Waals surface area contributed by atoms with Crippen molar-refractivity contribution < 1.29 is 21.2 Å². The number of aryl methyl sites for hydroxylation is 3. The molecule has 16 heteroatoms. The van der Waals surface area contributed by atoms with Gasteiger partial charge in [0.05, 0.1) is 21.2 Å². The molecule has 0 N–H and O–H groups in total. The van der Waals surface area contributed by atoms with E-state index in [1.54, 1.807) is 45.2 Å². The molecule has 0 aliphatic carbocycles. The van der Waals surface area contributed by atoms with Gasteiger partial charge >= 0.3 is 0 Å². The average Bonchev–Trinajstić information content (AvgIpc) is 3.90. The molecule has 2 fully saturated rings. The number of thiazole rings is 2. The molecule has 8 rings (SSSR count). The Morgan fingerprint density at radius 2 is 1.09 bits per heavy atom. The van der Waals surface area contributed by atoms with Gasteiger partial charge < -0.3 is 9.80 Å². The number of halogens is 2. The molecule has 0 spiro atoms. The average molecular weight is 910 g/mol. The Hall–Kier alpha value is -4.03. The monoisotopic (exact) mass is 908 g/mol. The van der Waals surface area contributed by atoms with Crippen LogP contribution in [0.25, 0.3) is 22.5 Å². The highest BCUT2D eigenvalue weighted by atomic mass is 79.9. The van der Waals surface area contributed by atoms with E-state index < -0.39 is 25.9 Å². The summed E-state index contributed by atoms with van der Waals surface area (Å²) < 4.78 is 68.4. The predicted molar refractivity (Wildman–Crippen MR) is 232 cm³/mol. The molecule has 2 saturated heterocycles. The lowest BCUT2D eigenvalue weighted by atomic mass is 9.98. The molecular formula is C41H42BrFN6O4S4. The zero-order valence-corrected chi connectivity index (χ0v) is 36.5. The van der Waals surface area contributed by atoms with E-state index in [1.165, 1.54) is 44.8 Å². The van der Waals surface area contributed by atoms with E-state index in [1.807, 2.05) is 41.8 Å². The second-order valence-electron chi connectivity index (χ2n) is 13.9. The summed E-state index contributed by atoms with van der Waals surface area (Å²) in [4.78, 5) is 14.2. The summed E-state index contributed by atoms with van der Waals surface area (Å²) in [6.07, 6.45) is 0. The van der Waals surface area contributed by atoms with E-state index in [0.717, 1.165) is 37.8 Å². The largest absolute Gasteiger partial charge is 0.345 e. The zero-order chi connectivity index (χ0) is 40.3. The fraction of sp³-hybridized carbons (Fsp3) is 0.268. The van der Waals surface area contributed by atoms with Gasteiger partial charge in [0.1, 0.15) is 5.82 Å². The van der Waals surface area contributed by atoms with Crippen LogP contribution in [0.4, 0.5) is 14.7 Å². The lowest BCUT2D eigenvalue weighted by molar-refractivity contribution is 0.384. The summed E-state index contributed by atoms with van der Waals surface area (Å²) >= 11 is 6.53. The summed E-state index contributed by atoms with van der Waals surface area (Å²) in [5, 5.41) is 5.95. The number of piperazine rings is 2. The Morgan fingerprint density at radius 3 is 1.61 bits per heavy atom. The van der Waals surface area contributed by atoms with Crippen LogP contribution in [0.5, 0.6) is 0 Å². The maximum absolute atomic E-state index is 13.4. The first-order valence-corrected chi connectivity index (χ1v) is 23.8. The molecule has 0 unspecified atom stereocenters. The highest BCUT2D eigenvalue weighted by Crippen LogP contribution is 2.34. The van der Waals surface area contributed by atoms with Crippen LogP contribution in [0.1, 0.15) is 16.7 Å². The van der Waals surface area contributed by atoms with Crippen LogP contribution in [0.3, 0.4) is 0 Å². The van der Waals surface area contributed by atoms with E-state index >= 15 is 0 Å². The molecule has 6 aromatic rings. The minimum atomic E-state index is -3.68. The number of hydrogen-bond acceptors (Lipinski definition) is 10.